The summed E-state index contributed by atoms with van der Waals surface area (Å²) in [6.45, 7) is 2.34. The quantitative estimate of drug-likeness (QED) is 0.795. The van der Waals surface area contributed by atoms with E-state index >= 15 is 0 Å². The minimum Gasteiger partial charge on any atom is -0.507 e. The molecule has 0 saturated heterocycles. The van der Waals surface area contributed by atoms with Gasteiger partial charge in [0.1, 0.15) is 24.5 Å². The van der Waals surface area contributed by atoms with Gasteiger partial charge in [0, 0.05) is 16.8 Å². The Balaban J connectivity index is 1.63. The Labute approximate surface area is 154 Å². The summed E-state index contributed by atoms with van der Waals surface area (Å²) in [5.74, 6) is -0.536. The summed E-state index contributed by atoms with van der Waals surface area (Å²) < 4.78 is 16.0. The normalized spacial score (nSPS) is 13.6. The molecule has 0 aliphatic carbocycles. The zero-order chi connectivity index (χ0) is 18.7. The van der Waals surface area contributed by atoms with Gasteiger partial charge in [0.2, 0.25) is 0 Å². The average molecular weight is 378 g/mol. The zero-order valence-electron chi connectivity index (χ0n) is 13.8. The van der Waals surface area contributed by atoms with Crippen molar-refractivity contribution in [1.29, 1.82) is 0 Å². The van der Waals surface area contributed by atoms with Crippen LogP contribution in [-0.2, 0) is 9.53 Å². The summed E-state index contributed by atoms with van der Waals surface area (Å²) in [6.07, 6.45) is -1.08. The van der Waals surface area contributed by atoms with Gasteiger partial charge in [0.25, 0.3) is 5.91 Å². The molecule has 0 aromatic heterocycles. The van der Waals surface area contributed by atoms with Crippen molar-refractivity contribution >= 4 is 29.2 Å². The summed E-state index contributed by atoms with van der Waals surface area (Å²) in [7, 11) is 0. The van der Waals surface area contributed by atoms with E-state index in [-0.39, 0.29) is 16.3 Å². The molecule has 3 rings (SSSR count). The van der Waals surface area contributed by atoms with Gasteiger partial charge in [-0.1, -0.05) is 11.6 Å². The Morgan fingerprint density at radius 3 is 2.62 bits per heavy atom. The van der Waals surface area contributed by atoms with Crippen molar-refractivity contribution in [3.05, 3.63) is 47.0 Å². The number of nitrogens with one attached hydrogen (secondary N) is 1. The van der Waals surface area contributed by atoms with Gasteiger partial charge in [-0.3, -0.25) is 4.79 Å². The highest BCUT2D eigenvalue weighted by atomic mass is 35.5. The van der Waals surface area contributed by atoms with E-state index in [9.17, 15) is 14.7 Å². The van der Waals surface area contributed by atoms with Crippen LogP contribution in [0.2, 0.25) is 5.02 Å². The van der Waals surface area contributed by atoms with Crippen molar-refractivity contribution in [2.24, 2.45) is 0 Å². The number of phenols is 1. The molecule has 1 atom stereocenters. The van der Waals surface area contributed by atoms with E-state index in [1.165, 1.54) is 25.1 Å². The number of phenolic OH excluding ortho intramolecular Hbond substituents is 1. The fourth-order valence-electron chi connectivity index (χ4n) is 2.32. The van der Waals surface area contributed by atoms with E-state index in [2.05, 4.69) is 5.32 Å². The molecule has 0 bridgehead atoms. The molecule has 0 saturated carbocycles. The smallest absolute Gasteiger partial charge is 0.342 e. The number of hydrogen-bond acceptors (Lipinski definition) is 6. The highest BCUT2D eigenvalue weighted by Crippen LogP contribution is 2.32. The highest BCUT2D eigenvalue weighted by molar-refractivity contribution is 6.30. The third kappa shape index (κ3) is 4.00. The van der Waals surface area contributed by atoms with Crippen molar-refractivity contribution in [3.8, 4) is 17.2 Å². The van der Waals surface area contributed by atoms with Gasteiger partial charge in [-0.05, 0) is 37.3 Å². The number of amides is 1. The molecule has 7 nitrogen and oxygen atoms in total. The van der Waals surface area contributed by atoms with Crippen LogP contribution < -0.4 is 14.8 Å². The van der Waals surface area contributed by atoms with Gasteiger partial charge in [-0.15, -0.1) is 0 Å². The number of ether oxygens (including phenoxy) is 3. The first-order valence-corrected chi connectivity index (χ1v) is 8.22. The molecule has 2 N–H and O–H groups in total. The SMILES string of the molecule is C[C@@H](OC(=O)c1ccc(Cl)cc1O)C(=O)Nc1ccc2c(c1)OCCO2. The highest BCUT2D eigenvalue weighted by Gasteiger charge is 2.22. The van der Waals surface area contributed by atoms with Crippen LogP contribution in [0, 0.1) is 0 Å². The third-order valence-electron chi connectivity index (χ3n) is 3.64. The molecule has 1 aliphatic heterocycles. The molecule has 0 fully saturated rings. The molecule has 0 radical (unpaired) electrons. The first kappa shape index (κ1) is 17.9. The second-order valence-corrected chi connectivity index (χ2v) is 5.99. The number of rotatable bonds is 4. The van der Waals surface area contributed by atoms with Crippen molar-refractivity contribution in [2.75, 3.05) is 18.5 Å². The number of esters is 1. The summed E-state index contributed by atoms with van der Waals surface area (Å²) >= 11 is 5.72. The molecule has 26 heavy (non-hydrogen) atoms. The van der Waals surface area contributed by atoms with Crippen LogP contribution in [0.15, 0.2) is 36.4 Å². The number of halogens is 1. The molecule has 136 valence electrons. The van der Waals surface area contributed by atoms with E-state index in [0.717, 1.165) is 0 Å². The topological polar surface area (TPSA) is 94.1 Å². The lowest BCUT2D eigenvalue weighted by atomic mass is 10.2. The lowest BCUT2D eigenvalue weighted by molar-refractivity contribution is -0.123. The van der Waals surface area contributed by atoms with Gasteiger partial charge in [-0.2, -0.15) is 0 Å². The lowest BCUT2D eigenvalue weighted by Crippen LogP contribution is -2.30. The number of hydrogen-bond donors (Lipinski definition) is 2. The lowest BCUT2D eigenvalue weighted by Gasteiger charge is -2.19. The number of aromatic hydroxyl groups is 1. The monoisotopic (exact) mass is 377 g/mol. The fourth-order valence-corrected chi connectivity index (χ4v) is 2.49. The third-order valence-corrected chi connectivity index (χ3v) is 3.88. The maximum Gasteiger partial charge on any atom is 0.342 e. The van der Waals surface area contributed by atoms with Crippen LogP contribution in [-0.4, -0.2) is 36.3 Å². The van der Waals surface area contributed by atoms with Gasteiger partial charge >= 0.3 is 5.97 Å². The summed E-state index contributed by atoms with van der Waals surface area (Å²) in [5, 5.41) is 12.7. The molecule has 0 spiro atoms. The maximum atomic E-state index is 12.2. The fraction of sp³-hybridized carbons (Fsp3) is 0.222. The number of fused-ring (bicyclic) bond motifs is 1. The van der Waals surface area contributed by atoms with Crippen LogP contribution in [0.5, 0.6) is 17.2 Å². The Hall–Kier alpha value is -2.93. The second kappa shape index (κ2) is 7.53. The number of carbonyl (C=O) groups excluding carboxylic acids is 2. The van der Waals surface area contributed by atoms with E-state index in [1.54, 1.807) is 18.2 Å². The Kier molecular flexibility index (Phi) is 5.18. The van der Waals surface area contributed by atoms with Crippen molar-refractivity contribution in [1.82, 2.24) is 0 Å². The predicted octanol–water partition coefficient (Wildman–Crippen LogP) is 3.00. The standard InChI is InChI=1S/C18H16ClNO6/c1-10(26-18(23)13-4-2-11(19)8-14(13)21)17(22)20-12-3-5-15-16(9-12)25-7-6-24-15/h2-5,8-10,21H,6-7H2,1H3,(H,20,22)/t10-/m1/s1. The Morgan fingerprint density at radius 1 is 1.15 bits per heavy atom. The molecule has 1 heterocycles. The van der Waals surface area contributed by atoms with Crippen LogP contribution in [0.25, 0.3) is 0 Å². The van der Waals surface area contributed by atoms with Crippen molar-refractivity contribution < 1.29 is 28.9 Å². The Morgan fingerprint density at radius 2 is 1.88 bits per heavy atom. The first-order chi connectivity index (χ1) is 12.4. The van der Waals surface area contributed by atoms with Gasteiger partial charge in [0.05, 0.1) is 0 Å². The molecule has 2 aromatic carbocycles. The van der Waals surface area contributed by atoms with E-state index in [0.29, 0.717) is 30.4 Å². The minimum absolute atomic E-state index is 0.0756. The van der Waals surface area contributed by atoms with Gasteiger partial charge in [-0.25, -0.2) is 4.79 Å². The molecular formula is C18H16ClNO6. The molecular weight excluding hydrogens is 362 g/mol. The molecule has 8 heteroatoms. The number of carbonyl (C=O) groups is 2. The van der Waals surface area contributed by atoms with E-state index < -0.39 is 18.0 Å². The number of anilines is 1. The molecule has 1 aliphatic rings. The van der Waals surface area contributed by atoms with Gasteiger partial charge in [0.15, 0.2) is 17.6 Å². The first-order valence-electron chi connectivity index (χ1n) is 7.84. The maximum absolute atomic E-state index is 12.2. The average Bonchev–Trinajstić information content (AvgIpc) is 2.61. The Bertz CT molecular complexity index is 854. The summed E-state index contributed by atoms with van der Waals surface area (Å²) in [6, 6.07) is 8.96. The van der Waals surface area contributed by atoms with Crippen molar-refractivity contribution in [3.63, 3.8) is 0 Å². The van der Waals surface area contributed by atoms with E-state index in [4.69, 9.17) is 25.8 Å². The van der Waals surface area contributed by atoms with Crippen LogP contribution in [0.4, 0.5) is 5.69 Å². The summed E-state index contributed by atoms with van der Waals surface area (Å²) in [5.41, 5.74) is 0.407. The molecule has 1 amide bonds. The number of benzene rings is 2. The van der Waals surface area contributed by atoms with Crippen LogP contribution in [0.1, 0.15) is 17.3 Å². The van der Waals surface area contributed by atoms with Gasteiger partial charge < -0.3 is 24.6 Å². The molecule has 2 aromatic rings. The zero-order valence-corrected chi connectivity index (χ0v) is 14.6. The molecule has 0 unspecified atom stereocenters. The summed E-state index contributed by atoms with van der Waals surface area (Å²) in [4.78, 5) is 24.3. The van der Waals surface area contributed by atoms with E-state index in [1.807, 2.05) is 0 Å². The predicted molar refractivity (Wildman–Crippen MR) is 94.1 cm³/mol. The van der Waals surface area contributed by atoms with Crippen molar-refractivity contribution in [2.45, 2.75) is 13.0 Å². The minimum atomic E-state index is -1.08. The van der Waals surface area contributed by atoms with Crippen LogP contribution in [0.3, 0.4) is 0 Å². The largest absolute Gasteiger partial charge is 0.507 e. The second-order valence-electron chi connectivity index (χ2n) is 5.56. The van der Waals surface area contributed by atoms with Crippen LogP contribution >= 0.6 is 11.6 Å².